The third-order valence-electron chi connectivity index (χ3n) is 5.09. The summed E-state index contributed by atoms with van der Waals surface area (Å²) in [6.07, 6.45) is 12.8. The van der Waals surface area contributed by atoms with Crippen LogP contribution in [0.1, 0.15) is 48.0 Å². The van der Waals surface area contributed by atoms with Crippen LogP contribution in [-0.4, -0.2) is 18.4 Å². The summed E-state index contributed by atoms with van der Waals surface area (Å²) in [5.41, 5.74) is 1.93. The van der Waals surface area contributed by atoms with Crippen molar-refractivity contribution in [1.82, 2.24) is 5.32 Å². The van der Waals surface area contributed by atoms with Gasteiger partial charge in [-0.2, -0.15) is 0 Å². The van der Waals surface area contributed by atoms with Crippen molar-refractivity contribution < 1.29 is 9.53 Å². The number of hydrogen-bond acceptors (Lipinski definition) is 3. The first kappa shape index (κ1) is 18.8. The lowest BCUT2D eigenvalue weighted by Gasteiger charge is -2.35. The SMILES string of the molecule is C#CC1(N/C(=C\C(=O)c2ccccc2)c2ccc(OC)cc2)CCCCC1. The fourth-order valence-corrected chi connectivity index (χ4v) is 3.50. The Morgan fingerprint density at radius 3 is 2.30 bits per heavy atom. The molecule has 1 aliphatic carbocycles. The molecular weight excluding hydrogens is 334 g/mol. The van der Waals surface area contributed by atoms with Gasteiger partial charge in [0.15, 0.2) is 5.78 Å². The number of ketones is 1. The summed E-state index contributed by atoms with van der Waals surface area (Å²) >= 11 is 0. The second-order valence-corrected chi connectivity index (χ2v) is 6.93. The molecule has 1 fully saturated rings. The fourth-order valence-electron chi connectivity index (χ4n) is 3.50. The van der Waals surface area contributed by atoms with Crippen molar-refractivity contribution >= 4 is 11.5 Å². The van der Waals surface area contributed by atoms with Crippen LogP contribution in [0, 0.1) is 12.3 Å². The molecule has 0 saturated heterocycles. The summed E-state index contributed by atoms with van der Waals surface area (Å²) in [5, 5.41) is 3.54. The molecule has 2 aromatic rings. The molecule has 2 aromatic carbocycles. The van der Waals surface area contributed by atoms with E-state index in [2.05, 4.69) is 11.2 Å². The smallest absolute Gasteiger partial charge is 0.187 e. The van der Waals surface area contributed by atoms with Crippen molar-refractivity contribution in [2.45, 2.75) is 37.6 Å². The van der Waals surface area contributed by atoms with Gasteiger partial charge in [0, 0.05) is 17.3 Å². The molecule has 3 rings (SSSR count). The van der Waals surface area contributed by atoms with Crippen molar-refractivity contribution in [2.24, 2.45) is 0 Å². The molecule has 0 spiro atoms. The summed E-state index contributed by atoms with van der Waals surface area (Å²) in [6.45, 7) is 0. The van der Waals surface area contributed by atoms with Gasteiger partial charge in [-0.3, -0.25) is 4.79 Å². The van der Waals surface area contributed by atoms with Crippen molar-refractivity contribution in [3.8, 4) is 18.1 Å². The van der Waals surface area contributed by atoms with Crippen molar-refractivity contribution in [1.29, 1.82) is 0 Å². The highest BCUT2D eigenvalue weighted by Crippen LogP contribution is 2.30. The first-order chi connectivity index (χ1) is 13.2. The van der Waals surface area contributed by atoms with Crippen LogP contribution in [-0.2, 0) is 0 Å². The van der Waals surface area contributed by atoms with Gasteiger partial charge < -0.3 is 10.1 Å². The summed E-state index contributed by atoms with van der Waals surface area (Å²) in [7, 11) is 1.64. The van der Waals surface area contributed by atoms with Gasteiger partial charge in [-0.15, -0.1) is 6.42 Å². The molecule has 1 saturated carbocycles. The number of benzene rings is 2. The molecular formula is C24H25NO2. The van der Waals surface area contributed by atoms with Crippen LogP contribution < -0.4 is 10.1 Å². The number of carbonyl (C=O) groups excluding carboxylic acids is 1. The molecule has 0 aliphatic heterocycles. The Morgan fingerprint density at radius 2 is 1.70 bits per heavy atom. The number of allylic oxidation sites excluding steroid dienone is 1. The van der Waals surface area contributed by atoms with Crippen LogP contribution >= 0.6 is 0 Å². The Kier molecular flexibility index (Phi) is 5.98. The number of hydrogen-bond donors (Lipinski definition) is 1. The summed E-state index contributed by atoms with van der Waals surface area (Å²) < 4.78 is 5.25. The van der Waals surface area contributed by atoms with E-state index in [4.69, 9.17) is 11.2 Å². The van der Waals surface area contributed by atoms with Gasteiger partial charge in [-0.25, -0.2) is 0 Å². The molecule has 0 atom stereocenters. The van der Waals surface area contributed by atoms with E-state index in [9.17, 15) is 4.79 Å². The van der Waals surface area contributed by atoms with E-state index in [1.54, 1.807) is 13.2 Å². The third-order valence-corrected chi connectivity index (χ3v) is 5.09. The van der Waals surface area contributed by atoms with E-state index in [0.29, 0.717) is 5.56 Å². The number of methoxy groups -OCH3 is 1. The molecule has 3 nitrogen and oxygen atoms in total. The Morgan fingerprint density at radius 1 is 1.04 bits per heavy atom. The largest absolute Gasteiger partial charge is 0.497 e. The number of terminal acetylenes is 1. The molecule has 27 heavy (non-hydrogen) atoms. The maximum Gasteiger partial charge on any atom is 0.187 e. The first-order valence-electron chi connectivity index (χ1n) is 9.37. The van der Waals surface area contributed by atoms with Crippen LogP contribution in [0.15, 0.2) is 60.7 Å². The molecule has 3 heteroatoms. The maximum atomic E-state index is 12.8. The Balaban J connectivity index is 1.96. The van der Waals surface area contributed by atoms with Crippen LogP contribution in [0.25, 0.3) is 5.70 Å². The normalized spacial score (nSPS) is 16.2. The Labute approximate surface area is 161 Å². The van der Waals surface area contributed by atoms with Gasteiger partial charge in [-0.05, 0) is 42.7 Å². The average Bonchev–Trinajstić information content (AvgIpc) is 2.74. The van der Waals surface area contributed by atoms with Crippen molar-refractivity contribution in [2.75, 3.05) is 7.11 Å². The van der Waals surface area contributed by atoms with E-state index in [0.717, 1.165) is 42.7 Å². The lowest BCUT2D eigenvalue weighted by molar-refractivity contribution is 0.104. The highest BCUT2D eigenvalue weighted by Gasteiger charge is 2.30. The zero-order valence-corrected chi connectivity index (χ0v) is 15.7. The van der Waals surface area contributed by atoms with Crippen LogP contribution in [0.2, 0.25) is 0 Å². The molecule has 0 amide bonds. The predicted molar refractivity (Wildman–Crippen MR) is 110 cm³/mol. The van der Waals surface area contributed by atoms with Gasteiger partial charge >= 0.3 is 0 Å². The van der Waals surface area contributed by atoms with E-state index >= 15 is 0 Å². The molecule has 138 valence electrons. The quantitative estimate of drug-likeness (QED) is 0.455. The van der Waals surface area contributed by atoms with Crippen LogP contribution in [0.4, 0.5) is 0 Å². The van der Waals surface area contributed by atoms with Gasteiger partial charge in [0.05, 0.1) is 12.6 Å². The zero-order valence-electron chi connectivity index (χ0n) is 15.7. The summed E-state index contributed by atoms with van der Waals surface area (Å²) in [4.78, 5) is 12.8. The van der Waals surface area contributed by atoms with E-state index in [-0.39, 0.29) is 5.78 Å². The van der Waals surface area contributed by atoms with E-state index < -0.39 is 5.54 Å². The van der Waals surface area contributed by atoms with E-state index in [1.165, 1.54) is 6.42 Å². The van der Waals surface area contributed by atoms with E-state index in [1.807, 2.05) is 54.6 Å². The minimum absolute atomic E-state index is 0.0445. The number of carbonyl (C=O) groups is 1. The second-order valence-electron chi connectivity index (χ2n) is 6.93. The van der Waals surface area contributed by atoms with Crippen LogP contribution in [0.3, 0.4) is 0 Å². The molecule has 0 heterocycles. The predicted octanol–water partition coefficient (Wildman–Crippen LogP) is 4.84. The lowest BCUT2D eigenvalue weighted by Crippen LogP contribution is -2.44. The Hall–Kier alpha value is -2.99. The lowest BCUT2D eigenvalue weighted by atomic mass is 9.82. The minimum Gasteiger partial charge on any atom is -0.497 e. The van der Waals surface area contributed by atoms with Crippen molar-refractivity contribution in [3.63, 3.8) is 0 Å². The average molecular weight is 359 g/mol. The molecule has 1 N–H and O–H groups in total. The van der Waals surface area contributed by atoms with Gasteiger partial charge in [0.1, 0.15) is 5.75 Å². The molecule has 0 unspecified atom stereocenters. The third kappa shape index (κ3) is 4.60. The van der Waals surface area contributed by atoms with Gasteiger partial charge in [0.25, 0.3) is 0 Å². The highest BCUT2D eigenvalue weighted by atomic mass is 16.5. The monoisotopic (exact) mass is 359 g/mol. The number of ether oxygens (including phenoxy) is 1. The minimum atomic E-state index is -0.402. The second kappa shape index (κ2) is 8.60. The maximum absolute atomic E-state index is 12.8. The molecule has 0 bridgehead atoms. The topological polar surface area (TPSA) is 38.3 Å². The molecule has 0 aromatic heterocycles. The number of nitrogens with one attached hydrogen (secondary N) is 1. The first-order valence-corrected chi connectivity index (χ1v) is 9.37. The molecule has 1 aliphatic rings. The van der Waals surface area contributed by atoms with Crippen molar-refractivity contribution in [3.05, 3.63) is 71.8 Å². The summed E-state index contributed by atoms with van der Waals surface area (Å²) in [5.74, 6) is 3.70. The fraction of sp³-hybridized carbons (Fsp3) is 0.292. The molecule has 0 radical (unpaired) electrons. The zero-order chi connectivity index (χ0) is 19.1. The highest BCUT2D eigenvalue weighted by molar-refractivity contribution is 6.08. The number of rotatable bonds is 6. The van der Waals surface area contributed by atoms with Crippen LogP contribution in [0.5, 0.6) is 5.75 Å². The standard InChI is InChI=1S/C24H25NO2/c1-3-24(16-8-5-9-17-24)25-22(19-12-14-21(27-2)15-13-19)18-23(26)20-10-6-4-7-11-20/h1,4,6-7,10-15,18,25H,5,8-9,16-17H2,2H3/b22-18-. The summed E-state index contributed by atoms with van der Waals surface area (Å²) in [6, 6.07) is 17.0. The van der Waals surface area contributed by atoms with Gasteiger partial charge in [0.2, 0.25) is 0 Å². The van der Waals surface area contributed by atoms with Gasteiger partial charge in [-0.1, -0.05) is 55.5 Å². The Bertz CT molecular complexity index is 838.